The highest BCUT2D eigenvalue weighted by Crippen LogP contribution is 2.44. The Hall–Kier alpha value is -2.74. The molecule has 0 N–H and O–H groups in total. The molecular formula is C30H22ClPSSi. The number of halogens is 1. The molecule has 0 nitrogen and oxygen atoms in total. The zero-order valence-corrected chi connectivity index (χ0v) is 21.9. The maximum Gasteiger partial charge on any atom is 0.181 e. The van der Waals surface area contributed by atoms with Gasteiger partial charge in [-0.1, -0.05) is 145 Å². The van der Waals surface area contributed by atoms with Gasteiger partial charge in [-0.3, -0.25) is 0 Å². The van der Waals surface area contributed by atoms with Crippen molar-refractivity contribution in [1.82, 2.24) is 0 Å². The summed E-state index contributed by atoms with van der Waals surface area (Å²) >= 11 is 13.5. The third-order valence-corrected chi connectivity index (χ3v) is 17.4. The molecular weight excluding hydrogens is 487 g/mol. The second-order valence-electron chi connectivity index (χ2n) is 8.61. The molecule has 5 aromatic carbocycles. The molecule has 1 aliphatic rings. The van der Waals surface area contributed by atoms with E-state index >= 15 is 0 Å². The molecule has 5 aromatic rings. The highest BCUT2D eigenvalue weighted by molar-refractivity contribution is 8.26. The Morgan fingerprint density at radius 3 is 1.65 bits per heavy atom. The molecule has 1 unspecified atom stereocenters. The van der Waals surface area contributed by atoms with Crippen molar-refractivity contribution in [3.63, 3.8) is 0 Å². The SMILES string of the molecule is S=P1(c2ccccc2)c2ccccc2[Si](c2ccccc2)(c2ccccc2)c2cc(Cl)ccc21. The van der Waals surface area contributed by atoms with Gasteiger partial charge >= 0.3 is 0 Å². The Bertz CT molecular complexity index is 1500. The van der Waals surface area contributed by atoms with Gasteiger partial charge in [0.05, 0.1) is 0 Å². The molecule has 0 saturated carbocycles. The van der Waals surface area contributed by atoms with Crippen LogP contribution >= 0.6 is 17.6 Å². The normalized spacial score (nSPS) is 18.0. The second kappa shape index (κ2) is 8.48. The molecule has 164 valence electrons. The summed E-state index contributed by atoms with van der Waals surface area (Å²) in [6, 6.07) is 45.8. The van der Waals surface area contributed by atoms with Gasteiger partial charge in [0, 0.05) is 11.1 Å². The monoisotopic (exact) mass is 508 g/mol. The van der Waals surface area contributed by atoms with Gasteiger partial charge in [0.2, 0.25) is 0 Å². The lowest BCUT2D eigenvalue weighted by Crippen LogP contribution is -2.81. The molecule has 0 aromatic heterocycles. The highest BCUT2D eigenvalue weighted by Gasteiger charge is 2.51. The molecule has 1 heterocycles. The minimum absolute atomic E-state index is 0.761. The molecule has 0 saturated heterocycles. The third-order valence-electron chi connectivity index (χ3n) is 6.88. The van der Waals surface area contributed by atoms with Gasteiger partial charge in [-0.15, -0.1) is 0 Å². The highest BCUT2D eigenvalue weighted by atomic mass is 35.5. The van der Waals surface area contributed by atoms with E-state index in [1.54, 1.807) is 0 Å². The van der Waals surface area contributed by atoms with Crippen LogP contribution in [-0.2, 0) is 11.8 Å². The van der Waals surface area contributed by atoms with Crippen LogP contribution in [0, 0.1) is 0 Å². The van der Waals surface area contributed by atoms with Gasteiger partial charge in [0.25, 0.3) is 0 Å². The first-order valence-electron chi connectivity index (χ1n) is 11.3. The van der Waals surface area contributed by atoms with E-state index in [0.29, 0.717) is 0 Å². The fourth-order valence-electron chi connectivity index (χ4n) is 5.50. The van der Waals surface area contributed by atoms with Gasteiger partial charge in [0.15, 0.2) is 8.07 Å². The first-order valence-corrected chi connectivity index (χ1v) is 16.5. The molecule has 0 radical (unpaired) electrons. The average molecular weight is 509 g/mol. The molecule has 4 heteroatoms. The standard InChI is InChI=1S/C30H22ClPSSi/c31-23-20-21-28-30(22-23)34(25-14-6-2-7-15-25,26-16-8-3-9-17-26)29-19-11-10-18-27(29)32(28,33)24-12-4-1-5-13-24/h1-22H. The molecule has 0 spiro atoms. The van der Waals surface area contributed by atoms with Crippen LogP contribution in [0.25, 0.3) is 0 Å². The van der Waals surface area contributed by atoms with Crippen LogP contribution in [0.3, 0.4) is 0 Å². The van der Waals surface area contributed by atoms with E-state index in [1.807, 2.05) is 6.07 Å². The lowest BCUT2D eigenvalue weighted by atomic mass is 10.3. The van der Waals surface area contributed by atoms with Crippen LogP contribution in [0.15, 0.2) is 133 Å². The van der Waals surface area contributed by atoms with Crippen molar-refractivity contribution in [2.75, 3.05) is 0 Å². The molecule has 6 rings (SSSR count). The second-order valence-corrected chi connectivity index (χ2v) is 17.1. The minimum atomic E-state index is -2.65. The summed E-state index contributed by atoms with van der Waals surface area (Å²) in [4.78, 5) is 0. The van der Waals surface area contributed by atoms with Gasteiger partial charge in [-0.25, -0.2) is 0 Å². The van der Waals surface area contributed by atoms with Crippen molar-refractivity contribution >= 4 is 74.2 Å². The molecule has 1 aliphatic heterocycles. The molecule has 34 heavy (non-hydrogen) atoms. The summed E-state index contributed by atoms with van der Waals surface area (Å²) < 4.78 is 0. The first kappa shape index (κ1) is 21.8. The van der Waals surface area contributed by atoms with E-state index in [4.69, 9.17) is 23.4 Å². The lowest BCUT2D eigenvalue weighted by molar-refractivity contribution is 1.67. The van der Waals surface area contributed by atoms with Crippen LogP contribution in [0.1, 0.15) is 0 Å². The van der Waals surface area contributed by atoms with E-state index < -0.39 is 14.1 Å². The quantitative estimate of drug-likeness (QED) is 0.259. The van der Waals surface area contributed by atoms with Crippen molar-refractivity contribution in [3.8, 4) is 0 Å². The van der Waals surface area contributed by atoms with E-state index in [9.17, 15) is 0 Å². The van der Waals surface area contributed by atoms with Crippen LogP contribution in [0.4, 0.5) is 0 Å². The topological polar surface area (TPSA) is 0 Å². The van der Waals surface area contributed by atoms with Crippen molar-refractivity contribution in [3.05, 3.63) is 138 Å². The number of hydrogen-bond acceptors (Lipinski definition) is 1. The molecule has 1 atom stereocenters. The largest absolute Gasteiger partial charge is 0.181 e. The van der Waals surface area contributed by atoms with E-state index in [1.165, 1.54) is 36.7 Å². The van der Waals surface area contributed by atoms with Crippen molar-refractivity contribution in [2.45, 2.75) is 0 Å². The molecule has 0 fully saturated rings. The predicted octanol–water partition coefficient (Wildman–Crippen LogP) is 3.79. The number of hydrogen-bond donors (Lipinski definition) is 0. The van der Waals surface area contributed by atoms with E-state index in [2.05, 4.69) is 127 Å². The maximum atomic E-state index is 6.77. The van der Waals surface area contributed by atoms with E-state index in [-0.39, 0.29) is 0 Å². The summed E-state index contributed by atoms with van der Waals surface area (Å²) in [7, 11) is -2.65. The zero-order valence-electron chi connectivity index (χ0n) is 18.4. The van der Waals surface area contributed by atoms with Crippen LogP contribution < -0.4 is 36.7 Å². The number of fused-ring (bicyclic) bond motifs is 2. The Morgan fingerprint density at radius 2 is 1.03 bits per heavy atom. The minimum Gasteiger partial charge on any atom is -0.0843 e. The van der Waals surface area contributed by atoms with Gasteiger partial charge in [0.1, 0.15) is 0 Å². The third kappa shape index (κ3) is 3.07. The number of benzene rings is 5. The zero-order chi connectivity index (χ0) is 23.2. The van der Waals surface area contributed by atoms with Crippen LogP contribution in [-0.4, -0.2) is 8.07 Å². The maximum absolute atomic E-state index is 6.77. The fourth-order valence-corrected chi connectivity index (χ4v) is 17.3. The summed E-state index contributed by atoms with van der Waals surface area (Å²) in [5, 5.41) is 9.98. The Labute approximate surface area is 211 Å². The molecule has 0 aliphatic carbocycles. The Balaban J connectivity index is 1.85. The Morgan fingerprint density at radius 1 is 0.529 bits per heavy atom. The van der Waals surface area contributed by atoms with Gasteiger partial charge < -0.3 is 0 Å². The lowest BCUT2D eigenvalue weighted by Gasteiger charge is -2.45. The predicted molar refractivity (Wildman–Crippen MR) is 155 cm³/mol. The van der Waals surface area contributed by atoms with Crippen LogP contribution in [0.5, 0.6) is 0 Å². The number of rotatable bonds is 3. The summed E-state index contributed by atoms with van der Waals surface area (Å²) in [6.07, 6.45) is 0. The summed E-state index contributed by atoms with van der Waals surface area (Å²) in [6.45, 7) is 0. The first-order chi connectivity index (χ1) is 16.7. The van der Waals surface area contributed by atoms with Crippen molar-refractivity contribution in [1.29, 1.82) is 0 Å². The van der Waals surface area contributed by atoms with Gasteiger partial charge in [-0.05, 0) is 48.8 Å². The average Bonchev–Trinajstić information content (AvgIpc) is 2.91. The van der Waals surface area contributed by atoms with E-state index in [0.717, 1.165) is 5.02 Å². The van der Waals surface area contributed by atoms with Crippen molar-refractivity contribution in [2.24, 2.45) is 0 Å². The summed E-state index contributed by atoms with van der Waals surface area (Å²) in [5.74, 6) is 0. The smallest absolute Gasteiger partial charge is 0.0843 e. The summed E-state index contributed by atoms with van der Waals surface area (Å²) in [5.41, 5.74) is 0. The fraction of sp³-hybridized carbons (Fsp3) is 0. The van der Waals surface area contributed by atoms with Gasteiger partial charge in [-0.2, -0.15) is 0 Å². The van der Waals surface area contributed by atoms with Crippen LogP contribution in [0.2, 0.25) is 5.02 Å². The van der Waals surface area contributed by atoms with Crippen molar-refractivity contribution < 1.29 is 0 Å². The Kier molecular flexibility index (Phi) is 5.43. The molecule has 0 bridgehead atoms. The molecule has 0 amide bonds.